The largest absolute Gasteiger partial charge is 0.508 e. The second-order valence-electron chi connectivity index (χ2n) is 4.86. The Labute approximate surface area is 121 Å². The minimum atomic E-state index is -0.101. The average molecular weight is 279 g/mol. The lowest BCUT2D eigenvalue weighted by Crippen LogP contribution is -1.99. The highest BCUT2D eigenvalue weighted by atomic mass is 16.3. The summed E-state index contributed by atoms with van der Waals surface area (Å²) in [7, 11) is 0. The molecule has 3 aromatic rings. The van der Waals surface area contributed by atoms with E-state index in [0.29, 0.717) is 22.2 Å². The molecule has 0 aliphatic carbocycles. The predicted molar refractivity (Wildman–Crippen MR) is 80.5 cm³/mol. The summed E-state index contributed by atoms with van der Waals surface area (Å²) in [6.07, 6.45) is 0. The summed E-state index contributed by atoms with van der Waals surface area (Å²) in [4.78, 5) is 16.4. The van der Waals surface area contributed by atoms with Crippen molar-refractivity contribution < 1.29 is 15.0 Å². The number of pyridine rings is 1. The molecule has 0 atom stereocenters. The van der Waals surface area contributed by atoms with Gasteiger partial charge in [0, 0.05) is 16.5 Å². The van der Waals surface area contributed by atoms with Gasteiger partial charge in [0.15, 0.2) is 5.78 Å². The van der Waals surface area contributed by atoms with Crippen molar-refractivity contribution in [3.63, 3.8) is 0 Å². The molecule has 0 spiro atoms. The van der Waals surface area contributed by atoms with Crippen molar-refractivity contribution in [1.82, 2.24) is 4.98 Å². The zero-order valence-electron chi connectivity index (χ0n) is 11.4. The molecule has 2 aromatic carbocycles. The highest BCUT2D eigenvalue weighted by Crippen LogP contribution is 2.28. The second-order valence-corrected chi connectivity index (χ2v) is 4.86. The molecule has 21 heavy (non-hydrogen) atoms. The van der Waals surface area contributed by atoms with Gasteiger partial charge < -0.3 is 10.2 Å². The van der Waals surface area contributed by atoms with E-state index in [1.807, 2.05) is 0 Å². The van der Waals surface area contributed by atoms with Gasteiger partial charge >= 0.3 is 0 Å². The molecule has 0 unspecified atom stereocenters. The van der Waals surface area contributed by atoms with Crippen LogP contribution in [-0.4, -0.2) is 21.0 Å². The monoisotopic (exact) mass is 279 g/mol. The number of nitrogens with zero attached hydrogens (tertiary/aromatic N) is 1. The number of ketones is 1. The number of aromatic hydroxyl groups is 2. The van der Waals surface area contributed by atoms with E-state index < -0.39 is 0 Å². The number of phenolic OH excluding ortho intramolecular Hbond substituents is 2. The number of hydrogen-bond donors (Lipinski definition) is 2. The highest BCUT2D eigenvalue weighted by molar-refractivity contribution is 6.03. The predicted octanol–water partition coefficient (Wildman–Crippen LogP) is 3.52. The van der Waals surface area contributed by atoms with Crippen molar-refractivity contribution in [1.29, 1.82) is 0 Å². The number of fused-ring (bicyclic) bond motifs is 1. The summed E-state index contributed by atoms with van der Waals surface area (Å²) >= 11 is 0. The number of carbonyl (C=O) groups excluding carboxylic acids is 1. The van der Waals surface area contributed by atoms with Crippen LogP contribution in [0, 0.1) is 0 Å². The molecule has 0 aliphatic heterocycles. The SMILES string of the molecule is CC(=O)c1cc2cc(O)ccc2nc1-c1ccc(O)cc1. The highest BCUT2D eigenvalue weighted by Gasteiger charge is 2.13. The topological polar surface area (TPSA) is 70.4 Å². The molecule has 0 saturated carbocycles. The van der Waals surface area contributed by atoms with Crippen LogP contribution in [0.2, 0.25) is 0 Å². The number of carbonyl (C=O) groups is 1. The van der Waals surface area contributed by atoms with E-state index in [1.165, 1.54) is 6.92 Å². The molecule has 0 aliphatic rings. The summed E-state index contributed by atoms with van der Waals surface area (Å²) in [5.41, 5.74) is 2.51. The third-order valence-corrected chi connectivity index (χ3v) is 3.32. The van der Waals surface area contributed by atoms with Gasteiger partial charge in [-0.3, -0.25) is 4.79 Å². The first-order valence-corrected chi connectivity index (χ1v) is 6.49. The Morgan fingerprint density at radius 2 is 1.62 bits per heavy atom. The Morgan fingerprint density at radius 3 is 2.29 bits per heavy atom. The van der Waals surface area contributed by atoms with Crippen molar-refractivity contribution in [3.05, 3.63) is 54.1 Å². The van der Waals surface area contributed by atoms with Gasteiger partial charge in [-0.1, -0.05) is 0 Å². The molecule has 2 N–H and O–H groups in total. The molecule has 1 aromatic heterocycles. The number of rotatable bonds is 2. The number of phenols is 2. The summed E-state index contributed by atoms with van der Waals surface area (Å²) in [6, 6.07) is 13.1. The van der Waals surface area contributed by atoms with Crippen molar-refractivity contribution in [2.75, 3.05) is 0 Å². The Bertz CT molecular complexity index is 839. The van der Waals surface area contributed by atoms with E-state index in [4.69, 9.17) is 0 Å². The van der Waals surface area contributed by atoms with Crippen molar-refractivity contribution in [2.45, 2.75) is 6.92 Å². The zero-order chi connectivity index (χ0) is 15.0. The van der Waals surface area contributed by atoms with Crippen LogP contribution in [0.15, 0.2) is 48.5 Å². The third kappa shape index (κ3) is 2.43. The second kappa shape index (κ2) is 4.90. The Kier molecular flexibility index (Phi) is 3.06. The van der Waals surface area contributed by atoms with Crippen LogP contribution in [0.1, 0.15) is 17.3 Å². The summed E-state index contributed by atoms with van der Waals surface area (Å²) in [5.74, 6) is 0.195. The van der Waals surface area contributed by atoms with Gasteiger partial charge in [-0.2, -0.15) is 0 Å². The maximum Gasteiger partial charge on any atom is 0.162 e. The van der Waals surface area contributed by atoms with Crippen LogP contribution >= 0.6 is 0 Å². The van der Waals surface area contributed by atoms with Crippen molar-refractivity contribution in [2.24, 2.45) is 0 Å². The number of aromatic nitrogens is 1. The van der Waals surface area contributed by atoms with Gasteiger partial charge in [-0.15, -0.1) is 0 Å². The molecule has 4 nitrogen and oxygen atoms in total. The molecular formula is C17H13NO3. The van der Waals surface area contributed by atoms with E-state index in [2.05, 4.69) is 4.98 Å². The smallest absolute Gasteiger partial charge is 0.162 e. The quantitative estimate of drug-likeness (QED) is 0.704. The fourth-order valence-electron chi connectivity index (χ4n) is 2.27. The van der Waals surface area contributed by atoms with Gasteiger partial charge in [-0.05, 0) is 55.5 Å². The Hall–Kier alpha value is -2.88. The Balaban J connectivity index is 2.29. The first kappa shape index (κ1) is 13.1. The van der Waals surface area contributed by atoms with E-state index >= 15 is 0 Å². The third-order valence-electron chi connectivity index (χ3n) is 3.32. The molecule has 0 radical (unpaired) electrons. The molecular weight excluding hydrogens is 266 g/mol. The van der Waals surface area contributed by atoms with E-state index in [-0.39, 0.29) is 17.3 Å². The van der Waals surface area contributed by atoms with Crippen LogP contribution in [0.5, 0.6) is 11.5 Å². The molecule has 104 valence electrons. The van der Waals surface area contributed by atoms with Crippen LogP contribution in [0.3, 0.4) is 0 Å². The molecule has 0 saturated heterocycles. The fourth-order valence-corrected chi connectivity index (χ4v) is 2.27. The van der Waals surface area contributed by atoms with Gasteiger partial charge in [0.05, 0.1) is 11.2 Å². The standard InChI is InChI=1S/C17H13NO3/c1-10(19)15-9-12-8-14(21)6-7-16(12)18-17(15)11-2-4-13(20)5-3-11/h2-9,20-21H,1H3. The van der Waals surface area contributed by atoms with Crippen molar-refractivity contribution >= 4 is 16.7 Å². The fraction of sp³-hybridized carbons (Fsp3) is 0.0588. The molecule has 0 amide bonds. The van der Waals surface area contributed by atoms with Crippen molar-refractivity contribution in [3.8, 4) is 22.8 Å². The minimum absolute atomic E-state index is 0.101. The van der Waals surface area contributed by atoms with E-state index in [1.54, 1.807) is 48.5 Å². The summed E-state index contributed by atoms with van der Waals surface area (Å²) in [5, 5.41) is 19.6. The maximum atomic E-state index is 11.9. The maximum absolute atomic E-state index is 11.9. The summed E-state index contributed by atoms with van der Waals surface area (Å²) in [6.45, 7) is 1.48. The van der Waals surface area contributed by atoms with Gasteiger partial charge in [0.2, 0.25) is 0 Å². The summed E-state index contributed by atoms with van der Waals surface area (Å²) < 4.78 is 0. The van der Waals surface area contributed by atoms with E-state index in [9.17, 15) is 15.0 Å². The first-order valence-electron chi connectivity index (χ1n) is 6.49. The lowest BCUT2D eigenvalue weighted by atomic mass is 10.0. The average Bonchev–Trinajstić information content (AvgIpc) is 2.46. The minimum Gasteiger partial charge on any atom is -0.508 e. The van der Waals surface area contributed by atoms with Crippen LogP contribution in [-0.2, 0) is 0 Å². The van der Waals surface area contributed by atoms with Gasteiger partial charge in [0.25, 0.3) is 0 Å². The van der Waals surface area contributed by atoms with E-state index in [0.717, 1.165) is 5.56 Å². The number of Topliss-reactive ketones (excluding diaryl/α,β-unsaturated/α-hetero) is 1. The van der Waals surface area contributed by atoms with Crippen LogP contribution < -0.4 is 0 Å². The lowest BCUT2D eigenvalue weighted by Gasteiger charge is -2.09. The number of hydrogen-bond acceptors (Lipinski definition) is 4. The molecule has 3 rings (SSSR count). The molecule has 0 bridgehead atoms. The molecule has 0 fully saturated rings. The molecule has 4 heteroatoms. The Morgan fingerprint density at radius 1 is 0.952 bits per heavy atom. The lowest BCUT2D eigenvalue weighted by molar-refractivity contribution is 0.101. The molecule has 1 heterocycles. The first-order chi connectivity index (χ1) is 10.0. The normalized spacial score (nSPS) is 10.7. The van der Waals surface area contributed by atoms with Crippen LogP contribution in [0.4, 0.5) is 0 Å². The van der Waals surface area contributed by atoms with Gasteiger partial charge in [0.1, 0.15) is 11.5 Å². The van der Waals surface area contributed by atoms with Crippen LogP contribution in [0.25, 0.3) is 22.2 Å². The van der Waals surface area contributed by atoms with Gasteiger partial charge in [-0.25, -0.2) is 4.98 Å². The number of benzene rings is 2. The zero-order valence-corrected chi connectivity index (χ0v) is 11.4.